The third kappa shape index (κ3) is 3.45. The highest BCUT2D eigenvalue weighted by molar-refractivity contribution is 7.89. The highest BCUT2D eigenvalue weighted by Gasteiger charge is 2.21. The van der Waals surface area contributed by atoms with E-state index in [9.17, 15) is 22.9 Å². The van der Waals surface area contributed by atoms with Crippen LogP contribution in [0.1, 0.15) is 0 Å². The van der Waals surface area contributed by atoms with Crippen LogP contribution in [0, 0.1) is 15.9 Å². The highest BCUT2D eigenvalue weighted by atomic mass is 32.2. The van der Waals surface area contributed by atoms with Crippen molar-refractivity contribution in [1.29, 1.82) is 0 Å². The molecule has 0 aromatic heterocycles. The molecule has 0 atom stereocenters. The van der Waals surface area contributed by atoms with Crippen molar-refractivity contribution in [3.63, 3.8) is 0 Å². The standard InChI is InChI=1S/C9H11FN2O5S/c1-17-5-4-11-18(15,16)9-3-2-7(12(13)14)6-8(9)10/h2-3,6,11H,4-5H2,1H3. The Morgan fingerprint density at radius 2 is 2.17 bits per heavy atom. The van der Waals surface area contributed by atoms with Gasteiger partial charge < -0.3 is 4.74 Å². The fraction of sp³-hybridized carbons (Fsp3) is 0.333. The van der Waals surface area contributed by atoms with Crippen molar-refractivity contribution in [3.8, 4) is 0 Å². The molecule has 1 aromatic rings. The summed E-state index contributed by atoms with van der Waals surface area (Å²) in [4.78, 5) is 8.94. The minimum Gasteiger partial charge on any atom is -0.383 e. The van der Waals surface area contributed by atoms with Gasteiger partial charge in [0.05, 0.1) is 17.6 Å². The molecular weight excluding hydrogens is 267 g/mol. The van der Waals surface area contributed by atoms with E-state index in [1.807, 2.05) is 0 Å². The number of hydrogen-bond donors (Lipinski definition) is 1. The van der Waals surface area contributed by atoms with Crippen LogP contribution in [0.2, 0.25) is 0 Å². The lowest BCUT2D eigenvalue weighted by atomic mass is 10.3. The molecule has 0 aliphatic rings. The van der Waals surface area contributed by atoms with Gasteiger partial charge in [0.2, 0.25) is 10.0 Å². The number of halogens is 1. The first kappa shape index (κ1) is 14.5. The van der Waals surface area contributed by atoms with Crippen LogP contribution < -0.4 is 4.72 Å². The Hall–Kier alpha value is -1.58. The Morgan fingerprint density at radius 1 is 1.50 bits per heavy atom. The summed E-state index contributed by atoms with van der Waals surface area (Å²) in [5, 5.41) is 10.4. The molecule has 100 valence electrons. The average molecular weight is 278 g/mol. The fourth-order valence-electron chi connectivity index (χ4n) is 1.18. The third-order valence-corrected chi connectivity index (χ3v) is 3.51. The number of sulfonamides is 1. The predicted molar refractivity (Wildman–Crippen MR) is 60.1 cm³/mol. The SMILES string of the molecule is COCCNS(=O)(=O)c1ccc([N+](=O)[O-])cc1F. The molecule has 0 amide bonds. The Morgan fingerprint density at radius 3 is 2.67 bits per heavy atom. The predicted octanol–water partition coefficient (Wildman–Crippen LogP) is 0.659. The lowest BCUT2D eigenvalue weighted by Gasteiger charge is -2.06. The number of nitro benzene ring substituents is 1. The number of hydrogen-bond acceptors (Lipinski definition) is 5. The molecule has 0 heterocycles. The zero-order valence-electron chi connectivity index (χ0n) is 9.42. The van der Waals surface area contributed by atoms with Crippen molar-refractivity contribution < 1.29 is 22.5 Å². The van der Waals surface area contributed by atoms with Gasteiger partial charge in [-0.05, 0) is 6.07 Å². The van der Waals surface area contributed by atoms with E-state index in [4.69, 9.17) is 0 Å². The quantitative estimate of drug-likeness (QED) is 0.468. The van der Waals surface area contributed by atoms with Crippen molar-refractivity contribution in [2.75, 3.05) is 20.3 Å². The van der Waals surface area contributed by atoms with Crippen molar-refractivity contribution in [3.05, 3.63) is 34.1 Å². The number of methoxy groups -OCH3 is 1. The number of nitrogens with one attached hydrogen (secondary N) is 1. The first-order chi connectivity index (χ1) is 8.38. The van der Waals surface area contributed by atoms with Crippen molar-refractivity contribution >= 4 is 15.7 Å². The van der Waals surface area contributed by atoms with Gasteiger partial charge in [0.15, 0.2) is 0 Å². The summed E-state index contributed by atoms with van der Waals surface area (Å²) in [5.41, 5.74) is -0.511. The second-order valence-corrected chi connectivity index (χ2v) is 5.00. The Kier molecular flexibility index (Phi) is 4.70. The van der Waals surface area contributed by atoms with Gasteiger partial charge in [-0.3, -0.25) is 10.1 Å². The molecule has 1 rings (SSSR count). The molecule has 18 heavy (non-hydrogen) atoms. The van der Waals surface area contributed by atoms with Crippen molar-refractivity contribution in [1.82, 2.24) is 4.72 Å². The van der Waals surface area contributed by atoms with Gasteiger partial charge in [-0.15, -0.1) is 0 Å². The highest BCUT2D eigenvalue weighted by Crippen LogP contribution is 2.20. The number of ether oxygens (including phenoxy) is 1. The van der Waals surface area contributed by atoms with Crippen molar-refractivity contribution in [2.45, 2.75) is 4.90 Å². The first-order valence-corrected chi connectivity index (χ1v) is 6.29. The van der Waals surface area contributed by atoms with Gasteiger partial charge >= 0.3 is 0 Å². The van der Waals surface area contributed by atoms with Crippen LogP contribution in [0.25, 0.3) is 0 Å². The van der Waals surface area contributed by atoms with Crippen LogP contribution >= 0.6 is 0 Å². The maximum atomic E-state index is 13.5. The molecule has 0 unspecified atom stereocenters. The van der Waals surface area contributed by atoms with Gasteiger partial charge in [0, 0.05) is 19.7 Å². The van der Waals surface area contributed by atoms with Gasteiger partial charge in [-0.1, -0.05) is 0 Å². The molecule has 0 saturated heterocycles. The smallest absolute Gasteiger partial charge is 0.272 e. The molecule has 0 bridgehead atoms. The third-order valence-electron chi connectivity index (χ3n) is 2.01. The van der Waals surface area contributed by atoms with Crippen LogP contribution in [-0.4, -0.2) is 33.6 Å². The lowest BCUT2D eigenvalue weighted by molar-refractivity contribution is -0.385. The molecule has 1 N–H and O–H groups in total. The van der Waals surface area contributed by atoms with E-state index in [0.29, 0.717) is 6.07 Å². The zero-order chi connectivity index (χ0) is 13.8. The molecule has 0 radical (unpaired) electrons. The largest absolute Gasteiger partial charge is 0.383 e. The topological polar surface area (TPSA) is 98.5 Å². The van der Waals surface area contributed by atoms with Gasteiger partial charge in [-0.2, -0.15) is 0 Å². The van der Waals surface area contributed by atoms with E-state index < -0.39 is 31.3 Å². The number of rotatable bonds is 6. The Bertz CT molecular complexity index is 546. The molecule has 1 aromatic carbocycles. The number of benzene rings is 1. The van der Waals surface area contributed by atoms with E-state index >= 15 is 0 Å². The number of nitro groups is 1. The minimum atomic E-state index is -4.03. The normalized spacial score (nSPS) is 11.4. The van der Waals surface area contributed by atoms with Crippen LogP contribution in [0.4, 0.5) is 10.1 Å². The number of nitrogens with zero attached hydrogens (tertiary/aromatic N) is 1. The monoisotopic (exact) mass is 278 g/mol. The second-order valence-electron chi connectivity index (χ2n) is 3.26. The van der Waals surface area contributed by atoms with Gasteiger partial charge in [0.25, 0.3) is 5.69 Å². The fourth-order valence-corrected chi connectivity index (χ4v) is 2.25. The van der Waals surface area contributed by atoms with E-state index in [0.717, 1.165) is 12.1 Å². The van der Waals surface area contributed by atoms with Crippen LogP contribution in [0.15, 0.2) is 23.1 Å². The molecule has 7 nitrogen and oxygen atoms in total. The summed E-state index contributed by atoms with van der Waals surface area (Å²) in [6.07, 6.45) is 0. The van der Waals surface area contributed by atoms with Crippen molar-refractivity contribution in [2.24, 2.45) is 0 Å². The summed E-state index contributed by atoms with van der Waals surface area (Å²) in [6, 6.07) is 2.33. The maximum Gasteiger partial charge on any atom is 0.272 e. The molecular formula is C9H11FN2O5S. The Labute approximate surface area is 103 Å². The molecule has 0 fully saturated rings. The molecule has 0 saturated carbocycles. The molecule has 0 aliphatic heterocycles. The summed E-state index contributed by atoms with van der Waals surface area (Å²) >= 11 is 0. The molecule has 9 heteroatoms. The Balaban J connectivity index is 2.99. The van der Waals surface area contributed by atoms with E-state index in [1.54, 1.807) is 0 Å². The summed E-state index contributed by atoms with van der Waals surface area (Å²) in [6.45, 7) is 0.114. The summed E-state index contributed by atoms with van der Waals surface area (Å²) in [5.74, 6) is -1.17. The average Bonchev–Trinajstić information content (AvgIpc) is 2.28. The van der Waals surface area contributed by atoms with E-state index in [-0.39, 0.29) is 13.2 Å². The maximum absolute atomic E-state index is 13.5. The van der Waals surface area contributed by atoms with Crippen LogP contribution in [-0.2, 0) is 14.8 Å². The summed E-state index contributed by atoms with van der Waals surface area (Å²) in [7, 11) is -2.64. The van der Waals surface area contributed by atoms with Crippen LogP contribution in [0.3, 0.4) is 0 Å². The minimum absolute atomic E-state index is 0.0186. The van der Waals surface area contributed by atoms with E-state index in [2.05, 4.69) is 9.46 Å². The summed E-state index contributed by atoms with van der Waals surface area (Å²) < 4.78 is 43.5. The van der Waals surface area contributed by atoms with Gasteiger partial charge in [-0.25, -0.2) is 17.5 Å². The van der Waals surface area contributed by atoms with Gasteiger partial charge in [0.1, 0.15) is 10.7 Å². The number of non-ortho nitro benzene ring substituents is 1. The zero-order valence-corrected chi connectivity index (χ0v) is 10.2. The molecule has 0 aliphatic carbocycles. The van der Waals surface area contributed by atoms with E-state index in [1.165, 1.54) is 7.11 Å². The van der Waals surface area contributed by atoms with Crippen LogP contribution in [0.5, 0.6) is 0 Å². The second kappa shape index (κ2) is 5.85. The lowest BCUT2D eigenvalue weighted by Crippen LogP contribution is -2.27. The first-order valence-electron chi connectivity index (χ1n) is 4.81. The molecule has 0 spiro atoms.